The minimum Gasteiger partial charge on any atom is -0.378 e. The van der Waals surface area contributed by atoms with E-state index in [1.54, 1.807) is 12.1 Å². The van der Waals surface area contributed by atoms with Gasteiger partial charge >= 0.3 is 5.69 Å². The number of nitrogen functional groups attached to an aromatic ring is 1. The van der Waals surface area contributed by atoms with Crippen molar-refractivity contribution in [2.45, 2.75) is 13.8 Å². The van der Waals surface area contributed by atoms with Crippen molar-refractivity contribution >= 4 is 29.1 Å². The third kappa shape index (κ3) is 4.41. The van der Waals surface area contributed by atoms with Crippen molar-refractivity contribution in [2.75, 3.05) is 17.7 Å². The number of nitro groups is 1. The van der Waals surface area contributed by atoms with Crippen molar-refractivity contribution in [1.29, 1.82) is 0 Å². The van der Waals surface area contributed by atoms with E-state index < -0.39 is 22.4 Å². The number of aromatic nitrogens is 2. The fourth-order valence-corrected chi connectivity index (χ4v) is 1.98. The number of hydrogen-bond acceptors (Lipinski definition) is 8. The Morgan fingerprint density at radius 2 is 1.96 bits per heavy atom. The first-order valence-electron chi connectivity index (χ1n) is 7.44. The summed E-state index contributed by atoms with van der Waals surface area (Å²) >= 11 is 0. The van der Waals surface area contributed by atoms with Crippen molar-refractivity contribution in [2.24, 2.45) is 0 Å². The molecule has 1 aromatic carbocycles. The van der Waals surface area contributed by atoms with E-state index in [1.165, 1.54) is 0 Å². The van der Waals surface area contributed by atoms with Crippen LogP contribution in [0.25, 0.3) is 0 Å². The monoisotopic (exact) mass is 359 g/mol. The highest BCUT2D eigenvalue weighted by atomic mass is 16.6. The second-order valence-electron chi connectivity index (χ2n) is 5.37. The lowest BCUT2D eigenvalue weighted by atomic mass is 10.1. The molecule has 0 fully saturated rings. The molecule has 136 valence electrons. The maximum Gasteiger partial charge on any atom is 0.354 e. The minimum absolute atomic E-state index is 0.267. The normalized spacial score (nSPS) is 10.1. The van der Waals surface area contributed by atoms with Crippen LogP contribution in [0.15, 0.2) is 24.5 Å². The summed E-state index contributed by atoms with van der Waals surface area (Å²) in [4.78, 5) is 41.2. The van der Waals surface area contributed by atoms with Gasteiger partial charge in [-0.3, -0.25) is 30.6 Å². The number of carbonyl (C=O) groups excluding carboxylic acids is 2. The Balaban J connectivity index is 1.92. The second-order valence-corrected chi connectivity index (χ2v) is 5.37. The minimum atomic E-state index is -0.772. The Morgan fingerprint density at radius 1 is 1.23 bits per heavy atom. The van der Waals surface area contributed by atoms with Crippen LogP contribution in [-0.2, 0) is 4.79 Å². The van der Waals surface area contributed by atoms with E-state index in [0.29, 0.717) is 5.56 Å². The summed E-state index contributed by atoms with van der Waals surface area (Å²) in [6.07, 6.45) is 1.01. The Labute approximate surface area is 148 Å². The molecule has 2 rings (SSSR count). The maximum absolute atomic E-state index is 12.0. The molecule has 11 heteroatoms. The number of carbonyl (C=O) groups is 2. The summed E-state index contributed by atoms with van der Waals surface area (Å²) in [6.45, 7) is 3.46. The van der Waals surface area contributed by atoms with Crippen LogP contribution in [0.3, 0.4) is 0 Å². The topological polar surface area (TPSA) is 165 Å². The molecule has 0 radical (unpaired) electrons. The Hall–Kier alpha value is -3.76. The molecule has 0 aliphatic rings. The predicted molar refractivity (Wildman–Crippen MR) is 93.1 cm³/mol. The van der Waals surface area contributed by atoms with Crippen LogP contribution >= 0.6 is 0 Å². The number of benzene rings is 1. The lowest BCUT2D eigenvalue weighted by Crippen LogP contribution is -2.39. The summed E-state index contributed by atoms with van der Waals surface area (Å²) in [5.74, 6) is -1.66. The average molecular weight is 359 g/mol. The highest BCUT2D eigenvalue weighted by molar-refractivity contribution is 5.96. The number of nitrogens with one attached hydrogen (secondary N) is 3. The Morgan fingerprint density at radius 3 is 2.62 bits per heavy atom. The quantitative estimate of drug-likeness (QED) is 0.426. The average Bonchev–Trinajstić information content (AvgIpc) is 2.59. The van der Waals surface area contributed by atoms with Gasteiger partial charge in [-0.15, -0.1) is 0 Å². The first-order valence-corrected chi connectivity index (χ1v) is 7.44. The van der Waals surface area contributed by atoms with E-state index in [4.69, 9.17) is 5.73 Å². The van der Waals surface area contributed by atoms with Crippen LogP contribution in [0.4, 0.5) is 17.3 Å². The molecule has 0 aliphatic heterocycles. The third-order valence-corrected chi connectivity index (χ3v) is 3.53. The zero-order valence-corrected chi connectivity index (χ0v) is 14.1. The molecule has 0 unspecified atom stereocenters. The van der Waals surface area contributed by atoms with Gasteiger partial charge in [0.1, 0.15) is 6.33 Å². The number of amides is 2. The zero-order valence-electron chi connectivity index (χ0n) is 14.1. The van der Waals surface area contributed by atoms with Gasteiger partial charge in [0.2, 0.25) is 11.6 Å². The van der Waals surface area contributed by atoms with Crippen LogP contribution in [0.5, 0.6) is 0 Å². The smallest absolute Gasteiger partial charge is 0.354 e. The van der Waals surface area contributed by atoms with Gasteiger partial charge < -0.3 is 11.1 Å². The Kier molecular flexibility index (Phi) is 5.63. The zero-order chi connectivity index (χ0) is 19.3. The van der Waals surface area contributed by atoms with Crippen LogP contribution in [0.2, 0.25) is 0 Å². The molecule has 1 heterocycles. The predicted octanol–water partition coefficient (Wildman–Crippen LogP) is 0.457. The molecule has 0 saturated heterocycles. The number of hydrogen-bond donors (Lipinski definition) is 4. The molecule has 11 nitrogen and oxygen atoms in total. The molecule has 0 bridgehead atoms. The lowest BCUT2D eigenvalue weighted by molar-refractivity contribution is -0.383. The van der Waals surface area contributed by atoms with Crippen LogP contribution in [-0.4, -0.2) is 33.3 Å². The standard InChI is InChI=1S/C15H17N7O4/c1-8-3-4-10(5-9(8)2)15(24)17-6-11(23)20-21-14-12(22(25)26)13(16)18-7-19-14/h3-5,7H,6H2,1-2H3,(H,17,24)(H,20,23)(H3,16,18,19,21). The van der Waals surface area contributed by atoms with Crippen LogP contribution in [0.1, 0.15) is 21.5 Å². The van der Waals surface area contributed by atoms with Crippen molar-refractivity contribution in [3.05, 3.63) is 51.3 Å². The summed E-state index contributed by atoms with van der Waals surface area (Å²) in [6, 6.07) is 5.18. The Bertz CT molecular complexity index is 869. The molecule has 26 heavy (non-hydrogen) atoms. The largest absolute Gasteiger partial charge is 0.378 e. The molecule has 0 saturated carbocycles. The van der Waals surface area contributed by atoms with Gasteiger partial charge in [-0.1, -0.05) is 6.07 Å². The van der Waals surface area contributed by atoms with Gasteiger partial charge in [0.05, 0.1) is 11.5 Å². The molecule has 0 aliphatic carbocycles. The van der Waals surface area contributed by atoms with E-state index in [0.717, 1.165) is 17.5 Å². The maximum atomic E-state index is 12.0. The number of aryl methyl sites for hydroxylation is 2. The SMILES string of the molecule is Cc1ccc(C(=O)NCC(=O)NNc2ncnc(N)c2[N+](=O)[O-])cc1C. The van der Waals surface area contributed by atoms with Gasteiger partial charge in [-0.2, -0.15) is 0 Å². The fourth-order valence-electron chi connectivity index (χ4n) is 1.98. The number of nitrogens with two attached hydrogens (primary N) is 1. The third-order valence-electron chi connectivity index (χ3n) is 3.53. The number of rotatable bonds is 6. The van der Waals surface area contributed by atoms with Crippen molar-refractivity contribution in [1.82, 2.24) is 20.7 Å². The van der Waals surface area contributed by atoms with Crippen LogP contribution in [0, 0.1) is 24.0 Å². The molecular formula is C15H17N7O4. The number of anilines is 2. The van der Waals surface area contributed by atoms with E-state index in [-0.39, 0.29) is 18.2 Å². The van der Waals surface area contributed by atoms with Crippen LogP contribution < -0.4 is 21.9 Å². The number of hydrazine groups is 1. The van der Waals surface area contributed by atoms with Gasteiger partial charge in [-0.05, 0) is 37.1 Å². The highest BCUT2D eigenvalue weighted by Crippen LogP contribution is 2.25. The molecule has 0 atom stereocenters. The van der Waals surface area contributed by atoms with Gasteiger partial charge in [0.15, 0.2) is 0 Å². The van der Waals surface area contributed by atoms with Gasteiger partial charge in [0, 0.05) is 5.56 Å². The summed E-state index contributed by atoms with van der Waals surface area (Å²) in [5, 5.41) is 13.4. The summed E-state index contributed by atoms with van der Waals surface area (Å²) in [7, 11) is 0. The highest BCUT2D eigenvalue weighted by Gasteiger charge is 2.21. The summed E-state index contributed by atoms with van der Waals surface area (Å²) < 4.78 is 0. The van der Waals surface area contributed by atoms with E-state index in [1.807, 2.05) is 19.9 Å². The summed E-state index contributed by atoms with van der Waals surface area (Å²) in [5.41, 5.74) is 11.8. The van der Waals surface area contributed by atoms with E-state index >= 15 is 0 Å². The van der Waals surface area contributed by atoms with Gasteiger partial charge in [0.25, 0.3) is 11.8 Å². The molecule has 2 amide bonds. The fraction of sp³-hybridized carbons (Fsp3) is 0.200. The number of nitrogens with zero attached hydrogens (tertiary/aromatic N) is 3. The molecular weight excluding hydrogens is 342 g/mol. The van der Waals surface area contributed by atoms with Crippen molar-refractivity contribution < 1.29 is 14.5 Å². The first-order chi connectivity index (χ1) is 12.3. The molecule has 1 aromatic heterocycles. The van der Waals surface area contributed by atoms with E-state index in [2.05, 4.69) is 26.1 Å². The van der Waals surface area contributed by atoms with Crippen molar-refractivity contribution in [3.8, 4) is 0 Å². The first kappa shape index (κ1) is 18.6. The lowest BCUT2D eigenvalue weighted by Gasteiger charge is -2.10. The van der Waals surface area contributed by atoms with Gasteiger partial charge in [-0.25, -0.2) is 9.97 Å². The van der Waals surface area contributed by atoms with E-state index in [9.17, 15) is 19.7 Å². The van der Waals surface area contributed by atoms with Crippen molar-refractivity contribution in [3.63, 3.8) is 0 Å². The second kappa shape index (κ2) is 7.88. The molecule has 2 aromatic rings. The molecule has 5 N–H and O–H groups in total. The molecule has 0 spiro atoms.